The molecule has 1 atom stereocenters. The van der Waals surface area contributed by atoms with Crippen LogP contribution in [0, 0.1) is 0 Å². The van der Waals surface area contributed by atoms with Gasteiger partial charge in [-0.1, -0.05) is 0 Å². The summed E-state index contributed by atoms with van der Waals surface area (Å²) in [5.74, 6) is 0.444. The molecule has 0 heterocycles. The van der Waals surface area contributed by atoms with E-state index in [1.54, 1.807) is 0 Å². The summed E-state index contributed by atoms with van der Waals surface area (Å²) in [6, 6.07) is 0.579. The lowest BCUT2D eigenvalue weighted by Crippen LogP contribution is -2.31. The topological polar surface area (TPSA) is 40.5 Å². The van der Waals surface area contributed by atoms with Crippen LogP contribution in [0.4, 0.5) is 0 Å². The maximum absolute atomic E-state index is 10.3. The van der Waals surface area contributed by atoms with E-state index in [1.807, 2.05) is 11.8 Å². The number of aliphatic carboxylic acids is 1. The van der Waals surface area contributed by atoms with Crippen molar-refractivity contribution < 1.29 is 9.90 Å². The summed E-state index contributed by atoms with van der Waals surface area (Å²) in [7, 11) is 2.10. The summed E-state index contributed by atoms with van der Waals surface area (Å²) in [6.07, 6.45) is 4.16. The van der Waals surface area contributed by atoms with E-state index in [0.717, 1.165) is 25.1 Å². The van der Waals surface area contributed by atoms with Gasteiger partial charge in [0.25, 0.3) is 0 Å². The highest BCUT2D eigenvalue weighted by atomic mass is 32.2. The number of carboxylic acid groups (broad SMARTS) is 1. The molecule has 0 aliphatic carbocycles. The smallest absolute Gasteiger partial charge is 0.303 e. The van der Waals surface area contributed by atoms with Crippen molar-refractivity contribution in [2.75, 3.05) is 25.6 Å². The van der Waals surface area contributed by atoms with Gasteiger partial charge < -0.3 is 10.0 Å². The van der Waals surface area contributed by atoms with Gasteiger partial charge in [0.15, 0.2) is 0 Å². The van der Waals surface area contributed by atoms with Crippen LogP contribution in [0.2, 0.25) is 0 Å². The molecule has 0 amide bonds. The van der Waals surface area contributed by atoms with E-state index >= 15 is 0 Å². The van der Waals surface area contributed by atoms with Crippen molar-refractivity contribution in [3.8, 4) is 0 Å². The molecule has 1 N–H and O–H groups in total. The number of carbonyl (C=O) groups is 1. The number of hydrogen-bond donors (Lipinski definition) is 1. The van der Waals surface area contributed by atoms with Crippen molar-refractivity contribution >= 4 is 17.7 Å². The predicted octanol–water partition coefficient (Wildman–Crippen LogP) is 1.92. The van der Waals surface area contributed by atoms with Gasteiger partial charge in [-0.05, 0) is 39.6 Å². The fourth-order valence-electron chi connectivity index (χ4n) is 1.23. The van der Waals surface area contributed by atoms with Gasteiger partial charge in [-0.15, -0.1) is 0 Å². The molecule has 84 valence electrons. The Labute approximate surface area is 90.9 Å². The molecule has 0 aliphatic heterocycles. The van der Waals surface area contributed by atoms with Gasteiger partial charge >= 0.3 is 5.97 Å². The third kappa shape index (κ3) is 7.21. The van der Waals surface area contributed by atoms with Crippen LogP contribution in [0.25, 0.3) is 0 Å². The van der Waals surface area contributed by atoms with Crippen LogP contribution in [0.15, 0.2) is 0 Å². The summed E-state index contributed by atoms with van der Waals surface area (Å²) >= 11 is 1.85. The first-order valence-electron chi connectivity index (χ1n) is 4.99. The molecule has 0 aromatic heterocycles. The van der Waals surface area contributed by atoms with E-state index in [4.69, 9.17) is 5.11 Å². The zero-order valence-corrected chi connectivity index (χ0v) is 10.1. The maximum atomic E-state index is 10.3. The molecule has 0 aromatic carbocycles. The quantitative estimate of drug-likeness (QED) is 0.633. The first-order valence-corrected chi connectivity index (χ1v) is 6.38. The summed E-state index contributed by atoms with van der Waals surface area (Å²) < 4.78 is 0. The number of rotatable bonds is 8. The van der Waals surface area contributed by atoms with Crippen LogP contribution in [0.5, 0.6) is 0 Å². The van der Waals surface area contributed by atoms with Crippen LogP contribution >= 0.6 is 11.8 Å². The fraction of sp³-hybridized carbons (Fsp3) is 0.900. The molecule has 0 aromatic rings. The Balaban J connectivity index is 3.43. The second-order valence-electron chi connectivity index (χ2n) is 3.64. The lowest BCUT2D eigenvalue weighted by Gasteiger charge is -2.23. The van der Waals surface area contributed by atoms with Crippen molar-refractivity contribution in [1.29, 1.82) is 0 Å². The Morgan fingerprint density at radius 2 is 2.14 bits per heavy atom. The minimum absolute atomic E-state index is 0.296. The Hall–Kier alpha value is -0.220. The van der Waals surface area contributed by atoms with Gasteiger partial charge in [0.2, 0.25) is 0 Å². The monoisotopic (exact) mass is 219 g/mol. The number of unbranched alkanes of at least 4 members (excludes halogenated alkanes) is 1. The van der Waals surface area contributed by atoms with Crippen molar-refractivity contribution in [3.05, 3.63) is 0 Å². The maximum Gasteiger partial charge on any atom is 0.303 e. The first-order chi connectivity index (χ1) is 6.57. The molecule has 3 nitrogen and oxygen atoms in total. The molecular weight excluding hydrogens is 198 g/mol. The fourth-order valence-corrected chi connectivity index (χ4v) is 1.96. The van der Waals surface area contributed by atoms with Gasteiger partial charge in [-0.25, -0.2) is 0 Å². The Morgan fingerprint density at radius 1 is 1.50 bits per heavy atom. The van der Waals surface area contributed by atoms with Gasteiger partial charge in [-0.3, -0.25) is 4.79 Å². The molecule has 1 unspecified atom stereocenters. The van der Waals surface area contributed by atoms with Crippen LogP contribution in [0.1, 0.15) is 26.2 Å². The molecule has 0 spiro atoms. The summed E-state index contributed by atoms with van der Waals surface area (Å²) in [6.45, 7) is 3.20. The molecule has 0 rings (SSSR count). The molecule has 0 saturated heterocycles. The predicted molar refractivity (Wildman–Crippen MR) is 62.0 cm³/mol. The average Bonchev–Trinajstić information content (AvgIpc) is 2.12. The van der Waals surface area contributed by atoms with Crippen LogP contribution < -0.4 is 0 Å². The molecule has 0 saturated carbocycles. The first kappa shape index (κ1) is 13.8. The SMILES string of the molecule is CSCC(C)N(C)CCCCC(=O)O. The van der Waals surface area contributed by atoms with Crippen LogP contribution in [-0.2, 0) is 4.79 Å². The highest BCUT2D eigenvalue weighted by Gasteiger charge is 2.07. The third-order valence-corrected chi connectivity index (χ3v) is 3.13. The normalized spacial score (nSPS) is 13.1. The number of nitrogens with zero attached hydrogens (tertiary/aromatic N) is 1. The summed E-state index contributed by atoms with van der Waals surface area (Å²) in [5, 5.41) is 8.46. The summed E-state index contributed by atoms with van der Waals surface area (Å²) in [4.78, 5) is 12.6. The molecule has 0 radical (unpaired) electrons. The molecule has 4 heteroatoms. The Morgan fingerprint density at radius 3 is 2.64 bits per heavy atom. The van der Waals surface area contributed by atoms with E-state index in [2.05, 4.69) is 25.1 Å². The van der Waals surface area contributed by atoms with E-state index in [-0.39, 0.29) is 0 Å². The van der Waals surface area contributed by atoms with Crippen molar-refractivity contribution in [2.45, 2.75) is 32.2 Å². The van der Waals surface area contributed by atoms with Gasteiger partial charge in [-0.2, -0.15) is 11.8 Å². The number of carboxylic acids is 1. The van der Waals surface area contributed by atoms with Crippen LogP contribution in [-0.4, -0.2) is 47.6 Å². The Bertz CT molecular complexity index is 164. The largest absolute Gasteiger partial charge is 0.481 e. The highest BCUT2D eigenvalue weighted by Crippen LogP contribution is 2.05. The molecular formula is C10H21NO2S. The zero-order chi connectivity index (χ0) is 11.0. The zero-order valence-electron chi connectivity index (χ0n) is 9.32. The van der Waals surface area contributed by atoms with E-state index in [0.29, 0.717) is 12.5 Å². The molecule has 0 aliphatic rings. The number of hydrogen-bond acceptors (Lipinski definition) is 3. The van der Waals surface area contributed by atoms with Crippen molar-refractivity contribution in [2.24, 2.45) is 0 Å². The van der Waals surface area contributed by atoms with Gasteiger partial charge in [0.05, 0.1) is 0 Å². The summed E-state index contributed by atoms with van der Waals surface area (Å²) in [5.41, 5.74) is 0. The lowest BCUT2D eigenvalue weighted by atomic mass is 10.2. The minimum Gasteiger partial charge on any atom is -0.481 e. The van der Waals surface area contributed by atoms with E-state index in [9.17, 15) is 4.79 Å². The molecule has 0 fully saturated rings. The van der Waals surface area contributed by atoms with Crippen LogP contribution in [0.3, 0.4) is 0 Å². The number of thioether (sulfide) groups is 1. The van der Waals surface area contributed by atoms with E-state index in [1.165, 1.54) is 0 Å². The highest BCUT2D eigenvalue weighted by molar-refractivity contribution is 7.98. The second-order valence-corrected chi connectivity index (χ2v) is 4.55. The van der Waals surface area contributed by atoms with Crippen molar-refractivity contribution in [1.82, 2.24) is 4.90 Å². The van der Waals surface area contributed by atoms with Gasteiger partial charge in [0.1, 0.15) is 0 Å². The third-order valence-electron chi connectivity index (χ3n) is 2.31. The average molecular weight is 219 g/mol. The second kappa shape index (κ2) is 8.12. The standard InChI is InChI=1S/C10H21NO2S/c1-9(8-14-3)11(2)7-5-4-6-10(12)13/h9H,4-8H2,1-3H3,(H,12,13). The molecule has 14 heavy (non-hydrogen) atoms. The molecule has 0 bridgehead atoms. The minimum atomic E-state index is -0.690. The van der Waals surface area contributed by atoms with Crippen molar-refractivity contribution in [3.63, 3.8) is 0 Å². The van der Waals surface area contributed by atoms with Gasteiger partial charge in [0, 0.05) is 18.2 Å². The van der Waals surface area contributed by atoms with E-state index < -0.39 is 5.97 Å². The lowest BCUT2D eigenvalue weighted by molar-refractivity contribution is -0.137. The Kier molecular flexibility index (Phi) is 7.99.